The van der Waals surface area contributed by atoms with E-state index in [1.165, 1.54) is 12.1 Å². The second-order valence-electron chi connectivity index (χ2n) is 10.4. The summed E-state index contributed by atoms with van der Waals surface area (Å²) in [5, 5.41) is 6.80. The average Bonchev–Trinajstić information content (AvgIpc) is 3.44. The summed E-state index contributed by atoms with van der Waals surface area (Å²) in [5.41, 5.74) is 0.675. The van der Waals surface area contributed by atoms with E-state index in [2.05, 4.69) is 10.4 Å². The highest BCUT2D eigenvalue weighted by molar-refractivity contribution is 7.92. The number of allylic oxidation sites excluding steroid dienone is 1. The van der Waals surface area contributed by atoms with E-state index in [9.17, 15) is 22.0 Å². The van der Waals surface area contributed by atoms with E-state index >= 15 is 0 Å². The van der Waals surface area contributed by atoms with Gasteiger partial charge in [0.05, 0.1) is 23.3 Å². The lowest BCUT2D eigenvalue weighted by atomic mass is 9.98. The van der Waals surface area contributed by atoms with Gasteiger partial charge in [0.25, 0.3) is 5.91 Å². The summed E-state index contributed by atoms with van der Waals surface area (Å²) in [4.78, 5) is 13.5. The molecule has 3 aliphatic rings. The Balaban J connectivity index is 1.34. The van der Waals surface area contributed by atoms with E-state index in [0.717, 1.165) is 0 Å². The SMILES string of the molecule is CC1(C)OC[C@@H](Cn2ccc(NC(=O)/C(=C/C3CC(F)C(F)C3)c3ccc(S(=O)(=O)C4CC4)cc3)n2)O1. The molecule has 0 bridgehead atoms. The first kappa shape index (κ1) is 26.0. The number of sulfone groups is 1. The smallest absolute Gasteiger partial charge is 0.257 e. The lowest BCUT2D eigenvalue weighted by Crippen LogP contribution is -2.24. The second-order valence-corrected chi connectivity index (χ2v) is 12.7. The van der Waals surface area contributed by atoms with Crippen molar-refractivity contribution < 1.29 is 31.5 Å². The topological polar surface area (TPSA) is 99.5 Å². The van der Waals surface area contributed by atoms with Crippen molar-refractivity contribution >= 4 is 27.1 Å². The highest BCUT2D eigenvalue weighted by Crippen LogP contribution is 2.36. The molecule has 2 aromatic rings. The number of amides is 1. The zero-order chi connectivity index (χ0) is 26.4. The molecule has 5 rings (SSSR count). The van der Waals surface area contributed by atoms with E-state index in [0.29, 0.717) is 37.4 Å². The third-order valence-electron chi connectivity index (χ3n) is 6.89. The zero-order valence-electron chi connectivity index (χ0n) is 20.8. The van der Waals surface area contributed by atoms with Crippen molar-refractivity contribution in [3.63, 3.8) is 0 Å². The van der Waals surface area contributed by atoms with Gasteiger partial charge >= 0.3 is 0 Å². The van der Waals surface area contributed by atoms with Crippen molar-refractivity contribution in [2.24, 2.45) is 5.92 Å². The van der Waals surface area contributed by atoms with Crippen LogP contribution in [0.3, 0.4) is 0 Å². The van der Waals surface area contributed by atoms with Crippen LogP contribution in [0.5, 0.6) is 0 Å². The van der Waals surface area contributed by atoms with E-state index in [1.807, 2.05) is 13.8 Å². The molecule has 11 heteroatoms. The molecule has 0 spiro atoms. The number of hydrogen-bond acceptors (Lipinski definition) is 6. The second kappa shape index (κ2) is 9.92. The fourth-order valence-corrected chi connectivity index (χ4v) is 6.47. The van der Waals surface area contributed by atoms with Crippen LogP contribution in [-0.2, 0) is 30.7 Å². The molecule has 2 aliphatic carbocycles. The zero-order valence-corrected chi connectivity index (χ0v) is 21.6. The van der Waals surface area contributed by atoms with Crippen LogP contribution in [0, 0.1) is 5.92 Å². The van der Waals surface area contributed by atoms with Crippen LogP contribution >= 0.6 is 0 Å². The third-order valence-corrected chi connectivity index (χ3v) is 9.17. The van der Waals surface area contributed by atoms with E-state index in [-0.39, 0.29) is 34.7 Å². The molecular formula is C26H31F2N3O5S. The predicted molar refractivity (Wildman–Crippen MR) is 133 cm³/mol. The number of rotatable bonds is 8. The van der Waals surface area contributed by atoms with Gasteiger partial charge in [-0.05, 0) is 63.1 Å². The highest BCUT2D eigenvalue weighted by Gasteiger charge is 2.37. The van der Waals surface area contributed by atoms with Gasteiger partial charge in [0, 0.05) is 17.8 Å². The summed E-state index contributed by atoms with van der Waals surface area (Å²) < 4.78 is 65.8. The molecule has 37 heavy (non-hydrogen) atoms. The van der Waals surface area contributed by atoms with Gasteiger partial charge in [0.2, 0.25) is 0 Å². The number of carbonyl (C=O) groups excluding carboxylic acids is 1. The normalized spacial score (nSPS) is 27.9. The number of benzene rings is 1. The van der Waals surface area contributed by atoms with E-state index in [1.54, 1.807) is 35.2 Å². The van der Waals surface area contributed by atoms with E-state index in [4.69, 9.17) is 9.47 Å². The minimum atomic E-state index is -3.38. The Kier molecular flexibility index (Phi) is 6.97. The minimum Gasteiger partial charge on any atom is -0.348 e. The number of nitrogens with one attached hydrogen (secondary N) is 1. The number of ether oxygens (including phenoxy) is 2. The summed E-state index contributed by atoms with van der Waals surface area (Å²) in [5.74, 6) is -1.30. The summed E-state index contributed by atoms with van der Waals surface area (Å²) in [6.45, 7) is 4.55. The first-order valence-corrected chi connectivity index (χ1v) is 14.1. The standard InChI is InChI=1S/C26H31F2N3O5S/c1-26(2)35-15-18(36-26)14-31-10-9-24(30-31)29-25(32)21(11-16-12-22(27)23(28)13-16)17-3-5-19(6-4-17)37(33,34)20-7-8-20/h3-6,9-11,16,18,20,22-23H,7-8,12-15H2,1-2H3,(H,29,30,32)/b21-11+/t16?,18-,22?,23?/m1/s1. The first-order valence-electron chi connectivity index (χ1n) is 12.5. The molecule has 1 N–H and O–H groups in total. The number of anilines is 1. The van der Waals surface area contributed by atoms with Crippen molar-refractivity contribution in [2.45, 2.75) is 80.5 Å². The monoisotopic (exact) mass is 535 g/mol. The summed E-state index contributed by atoms with van der Waals surface area (Å²) >= 11 is 0. The van der Waals surface area contributed by atoms with E-state index < -0.39 is 39.8 Å². The van der Waals surface area contributed by atoms with Crippen molar-refractivity contribution in [3.05, 3.63) is 48.2 Å². The lowest BCUT2D eigenvalue weighted by molar-refractivity contribution is -0.139. The quantitative estimate of drug-likeness (QED) is 0.512. The lowest BCUT2D eigenvalue weighted by Gasteiger charge is -2.17. The van der Waals surface area contributed by atoms with Crippen LogP contribution in [0.25, 0.3) is 5.57 Å². The largest absolute Gasteiger partial charge is 0.348 e. The van der Waals surface area contributed by atoms with Gasteiger partial charge in [0.1, 0.15) is 18.4 Å². The van der Waals surface area contributed by atoms with Gasteiger partial charge in [-0.2, -0.15) is 5.10 Å². The number of halogens is 2. The number of hydrogen-bond donors (Lipinski definition) is 1. The molecule has 1 aliphatic heterocycles. The van der Waals surface area contributed by atoms with Crippen molar-refractivity contribution in [1.29, 1.82) is 0 Å². The Labute approximate surface area is 214 Å². The van der Waals surface area contributed by atoms with Crippen molar-refractivity contribution in [1.82, 2.24) is 9.78 Å². The summed E-state index contributed by atoms with van der Waals surface area (Å²) in [6.07, 6.45) is 1.25. The van der Waals surface area contributed by atoms with Crippen LogP contribution in [0.15, 0.2) is 47.5 Å². The third kappa shape index (κ3) is 5.94. The molecule has 0 radical (unpaired) electrons. The molecule has 3 atom stereocenters. The Morgan fingerprint density at radius 3 is 2.43 bits per heavy atom. The van der Waals surface area contributed by atoms with Gasteiger partial charge in [-0.1, -0.05) is 18.2 Å². The van der Waals surface area contributed by atoms with Crippen molar-refractivity contribution in [2.75, 3.05) is 11.9 Å². The molecule has 8 nitrogen and oxygen atoms in total. The van der Waals surface area contributed by atoms with Gasteiger partial charge in [0.15, 0.2) is 21.4 Å². The van der Waals surface area contributed by atoms with Gasteiger partial charge in [-0.25, -0.2) is 17.2 Å². The molecular weight excluding hydrogens is 504 g/mol. The molecule has 2 saturated carbocycles. The van der Waals surface area contributed by atoms with Gasteiger partial charge in [-0.3, -0.25) is 9.48 Å². The highest BCUT2D eigenvalue weighted by atomic mass is 32.2. The molecule has 3 fully saturated rings. The predicted octanol–water partition coefficient (Wildman–Crippen LogP) is 4.08. The average molecular weight is 536 g/mol. The fourth-order valence-electron chi connectivity index (χ4n) is 4.82. The first-order chi connectivity index (χ1) is 17.5. The Hall–Kier alpha value is -2.63. The number of alkyl halides is 2. The molecule has 1 amide bonds. The number of aromatic nitrogens is 2. The Morgan fingerprint density at radius 1 is 1.16 bits per heavy atom. The van der Waals surface area contributed by atoms with Crippen LogP contribution < -0.4 is 5.32 Å². The number of nitrogens with zero attached hydrogens (tertiary/aromatic N) is 2. The molecule has 2 heterocycles. The Bertz CT molecular complexity index is 1280. The van der Waals surface area contributed by atoms with Crippen molar-refractivity contribution in [3.8, 4) is 0 Å². The Morgan fingerprint density at radius 2 is 1.84 bits per heavy atom. The molecule has 1 aromatic carbocycles. The van der Waals surface area contributed by atoms with Crippen LogP contribution in [0.1, 0.15) is 45.1 Å². The molecule has 1 saturated heterocycles. The van der Waals surface area contributed by atoms with Crippen LogP contribution in [-0.4, -0.2) is 60.2 Å². The fraction of sp³-hybridized carbons (Fsp3) is 0.538. The maximum Gasteiger partial charge on any atom is 0.257 e. The van der Waals surface area contributed by atoms with Gasteiger partial charge in [-0.15, -0.1) is 0 Å². The maximum absolute atomic E-state index is 13.8. The maximum atomic E-state index is 13.8. The van der Waals surface area contributed by atoms with Crippen LogP contribution in [0.2, 0.25) is 0 Å². The summed E-state index contributed by atoms with van der Waals surface area (Å²) in [6, 6.07) is 7.73. The van der Waals surface area contributed by atoms with Crippen LogP contribution in [0.4, 0.5) is 14.6 Å². The number of carbonyl (C=O) groups is 1. The molecule has 200 valence electrons. The molecule has 2 unspecified atom stereocenters. The van der Waals surface area contributed by atoms with Gasteiger partial charge < -0.3 is 14.8 Å². The summed E-state index contributed by atoms with van der Waals surface area (Å²) in [7, 11) is -3.38. The minimum absolute atomic E-state index is 0.0134. The molecule has 1 aromatic heterocycles.